The number of aldehydes is 1. The molecule has 1 atom stereocenters. The molecule has 7 heteroatoms. The first-order valence-corrected chi connectivity index (χ1v) is 9.54. The topological polar surface area (TPSA) is 74.2 Å². The van der Waals surface area contributed by atoms with Gasteiger partial charge < -0.3 is 23.9 Å². The van der Waals surface area contributed by atoms with Crippen LogP contribution >= 0.6 is 0 Å². The zero-order chi connectivity index (χ0) is 20.1. The highest BCUT2D eigenvalue weighted by atomic mass is 16.7. The minimum atomic E-state index is -0.757. The molecule has 0 amide bonds. The highest BCUT2D eigenvalue weighted by molar-refractivity contribution is 6.64. The van der Waals surface area contributed by atoms with E-state index in [2.05, 4.69) is 6.92 Å². The molecule has 1 heterocycles. The Balaban J connectivity index is 2.11. The van der Waals surface area contributed by atoms with Crippen molar-refractivity contribution in [2.45, 2.75) is 64.8 Å². The molecule has 0 spiro atoms. The highest BCUT2D eigenvalue weighted by Gasteiger charge is 2.53. The van der Waals surface area contributed by atoms with Gasteiger partial charge in [0.25, 0.3) is 0 Å². The summed E-state index contributed by atoms with van der Waals surface area (Å²) in [4.78, 5) is 11.6. The highest BCUT2D eigenvalue weighted by Crippen LogP contribution is 2.37. The average Bonchev–Trinajstić information content (AvgIpc) is 2.83. The molecule has 0 saturated carbocycles. The minimum absolute atomic E-state index is 0.0565. The van der Waals surface area contributed by atoms with E-state index in [0.717, 1.165) is 19.1 Å². The molecule has 1 fully saturated rings. The van der Waals surface area contributed by atoms with Crippen LogP contribution < -0.4 is 10.2 Å². The van der Waals surface area contributed by atoms with Gasteiger partial charge in [0.05, 0.1) is 17.8 Å². The van der Waals surface area contributed by atoms with Crippen molar-refractivity contribution in [1.82, 2.24) is 0 Å². The summed E-state index contributed by atoms with van der Waals surface area (Å²) >= 11 is 0. The minimum Gasteiger partial charge on any atom is -0.491 e. The molecule has 1 N–H and O–H groups in total. The first-order chi connectivity index (χ1) is 12.7. The zero-order valence-electron chi connectivity index (χ0n) is 17.0. The third-order valence-electron chi connectivity index (χ3n) is 5.10. The molecule has 6 nitrogen and oxygen atoms in total. The van der Waals surface area contributed by atoms with Gasteiger partial charge in [-0.05, 0) is 40.2 Å². The van der Waals surface area contributed by atoms with Crippen LogP contribution in [0.3, 0.4) is 0 Å². The summed E-state index contributed by atoms with van der Waals surface area (Å²) in [5.41, 5.74) is -0.0697. The number of ether oxygens (including phenoxy) is 2. The standard InChI is InChI=1S/C20H31BO6/c1-6-7-11-24-13-16(23)14-25-17-10-8-9-15(12-22)18(17)21-26-19(2,3)20(4,5)27-21/h8-10,12,16,23H,6-7,11,13-14H2,1-5H3/t16-/m1/s1. The number of unbranched alkanes of at least 4 members (excludes halogenated alkanes) is 1. The smallest absolute Gasteiger partial charge is 0.491 e. The average molecular weight is 378 g/mol. The lowest BCUT2D eigenvalue weighted by atomic mass is 9.75. The normalized spacial score (nSPS) is 19.1. The SMILES string of the molecule is CCCCOC[C@@H](O)COc1cccc(C=O)c1B1OC(C)(C)C(C)(C)O1. The fraction of sp³-hybridized carbons (Fsp3) is 0.650. The molecule has 0 aliphatic carbocycles. The van der Waals surface area contributed by atoms with Gasteiger partial charge in [0.15, 0.2) is 0 Å². The van der Waals surface area contributed by atoms with Crippen molar-refractivity contribution in [1.29, 1.82) is 0 Å². The van der Waals surface area contributed by atoms with Gasteiger partial charge in [-0.15, -0.1) is 0 Å². The first-order valence-electron chi connectivity index (χ1n) is 9.54. The molecule has 0 bridgehead atoms. The number of carbonyl (C=O) groups is 1. The summed E-state index contributed by atoms with van der Waals surface area (Å²) in [6.45, 7) is 10.8. The molecule has 0 radical (unpaired) electrons. The van der Waals surface area contributed by atoms with E-state index in [-0.39, 0.29) is 13.2 Å². The molecule has 0 aromatic heterocycles. The molecule has 150 valence electrons. The summed E-state index contributed by atoms with van der Waals surface area (Å²) in [7, 11) is -0.718. The van der Waals surface area contributed by atoms with Crippen molar-refractivity contribution < 1.29 is 28.7 Å². The van der Waals surface area contributed by atoms with Crippen LogP contribution in [-0.2, 0) is 14.0 Å². The van der Waals surface area contributed by atoms with Crippen molar-refractivity contribution in [3.05, 3.63) is 23.8 Å². The maximum Gasteiger partial charge on any atom is 0.499 e. The molecule has 1 aromatic rings. The Labute approximate surface area is 162 Å². The van der Waals surface area contributed by atoms with Crippen LogP contribution in [0.1, 0.15) is 57.8 Å². The molecule has 0 unspecified atom stereocenters. The summed E-state index contributed by atoms with van der Waals surface area (Å²) in [5, 5.41) is 10.1. The number of aliphatic hydroxyl groups excluding tert-OH is 1. The van der Waals surface area contributed by atoms with Gasteiger partial charge in [0.1, 0.15) is 24.7 Å². The van der Waals surface area contributed by atoms with Gasteiger partial charge in [-0.3, -0.25) is 4.79 Å². The molecule has 2 rings (SSSR count). The molecular formula is C20H31BO6. The number of carbonyl (C=O) groups excluding carboxylic acids is 1. The van der Waals surface area contributed by atoms with E-state index in [1.807, 2.05) is 27.7 Å². The van der Waals surface area contributed by atoms with E-state index in [4.69, 9.17) is 18.8 Å². The van der Waals surface area contributed by atoms with Crippen molar-refractivity contribution in [2.24, 2.45) is 0 Å². The van der Waals surface area contributed by atoms with Gasteiger partial charge in [-0.1, -0.05) is 25.5 Å². The predicted octanol–water partition coefficient (Wildman–Crippen LogP) is 2.35. The number of hydrogen-bond donors (Lipinski definition) is 1. The number of rotatable bonds is 10. The van der Waals surface area contributed by atoms with E-state index in [9.17, 15) is 9.90 Å². The second-order valence-electron chi connectivity index (χ2n) is 7.86. The molecule has 1 saturated heterocycles. The van der Waals surface area contributed by atoms with Crippen LogP contribution in [-0.4, -0.2) is 55.6 Å². The Bertz CT molecular complexity index is 615. The maximum atomic E-state index is 11.6. The lowest BCUT2D eigenvalue weighted by Gasteiger charge is -2.32. The Hall–Kier alpha value is -1.41. The Morgan fingerprint density at radius 1 is 1.19 bits per heavy atom. The van der Waals surface area contributed by atoms with Crippen LogP contribution in [0.25, 0.3) is 0 Å². The molecule has 1 aliphatic heterocycles. The molecule has 1 aliphatic rings. The Kier molecular flexibility index (Phi) is 7.45. The Morgan fingerprint density at radius 2 is 1.85 bits per heavy atom. The van der Waals surface area contributed by atoms with Crippen molar-refractivity contribution in [2.75, 3.05) is 19.8 Å². The maximum absolute atomic E-state index is 11.6. The van der Waals surface area contributed by atoms with Gasteiger partial charge in [0.2, 0.25) is 0 Å². The largest absolute Gasteiger partial charge is 0.499 e. The lowest BCUT2D eigenvalue weighted by molar-refractivity contribution is 0.00578. The van der Waals surface area contributed by atoms with E-state index >= 15 is 0 Å². The molecule has 1 aromatic carbocycles. The van der Waals surface area contributed by atoms with Crippen LogP contribution in [0.15, 0.2) is 18.2 Å². The number of benzene rings is 1. The molecular weight excluding hydrogens is 347 g/mol. The van der Waals surface area contributed by atoms with Gasteiger partial charge in [-0.25, -0.2) is 0 Å². The number of hydrogen-bond acceptors (Lipinski definition) is 6. The Morgan fingerprint density at radius 3 is 2.44 bits per heavy atom. The summed E-state index contributed by atoms with van der Waals surface area (Å²) < 4.78 is 23.4. The fourth-order valence-corrected chi connectivity index (χ4v) is 2.70. The van der Waals surface area contributed by atoms with Crippen LogP contribution in [0.4, 0.5) is 0 Å². The summed E-state index contributed by atoms with van der Waals surface area (Å²) in [6.07, 6.45) is 2.01. The van der Waals surface area contributed by atoms with E-state index in [0.29, 0.717) is 23.4 Å². The summed E-state index contributed by atoms with van der Waals surface area (Å²) in [5.74, 6) is 0.464. The van der Waals surface area contributed by atoms with Crippen molar-refractivity contribution >= 4 is 18.9 Å². The van der Waals surface area contributed by atoms with Gasteiger partial charge in [-0.2, -0.15) is 0 Å². The third-order valence-corrected chi connectivity index (χ3v) is 5.10. The van der Waals surface area contributed by atoms with Gasteiger partial charge >= 0.3 is 7.12 Å². The fourth-order valence-electron chi connectivity index (χ4n) is 2.70. The zero-order valence-corrected chi connectivity index (χ0v) is 17.0. The van der Waals surface area contributed by atoms with Crippen LogP contribution in [0, 0.1) is 0 Å². The third kappa shape index (κ3) is 5.32. The van der Waals surface area contributed by atoms with Crippen LogP contribution in [0.5, 0.6) is 5.75 Å². The van der Waals surface area contributed by atoms with Crippen molar-refractivity contribution in [3.8, 4) is 5.75 Å². The first kappa shape index (κ1) is 21.9. The monoisotopic (exact) mass is 378 g/mol. The van der Waals surface area contributed by atoms with E-state index in [1.165, 1.54) is 0 Å². The summed E-state index contributed by atoms with van der Waals surface area (Å²) in [6, 6.07) is 5.18. The lowest BCUT2D eigenvalue weighted by Crippen LogP contribution is -2.41. The van der Waals surface area contributed by atoms with Crippen LogP contribution in [0.2, 0.25) is 0 Å². The molecule has 27 heavy (non-hydrogen) atoms. The van der Waals surface area contributed by atoms with E-state index < -0.39 is 24.4 Å². The number of aliphatic hydroxyl groups is 1. The predicted molar refractivity (Wildman–Crippen MR) is 105 cm³/mol. The quantitative estimate of drug-likeness (QED) is 0.383. The van der Waals surface area contributed by atoms with E-state index in [1.54, 1.807) is 18.2 Å². The van der Waals surface area contributed by atoms with Gasteiger partial charge in [0, 0.05) is 17.6 Å². The van der Waals surface area contributed by atoms with Crippen molar-refractivity contribution in [3.63, 3.8) is 0 Å². The second-order valence-corrected chi connectivity index (χ2v) is 7.86. The second kappa shape index (κ2) is 9.19.